The van der Waals surface area contributed by atoms with Gasteiger partial charge in [-0.1, -0.05) is 0 Å². The lowest BCUT2D eigenvalue weighted by Gasteiger charge is -2.05. The van der Waals surface area contributed by atoms with Gasteiger partial charge in [0.1, 0.15) is 17.4 Å². The van der Waals surface area contributed by atoms with Gasteiger partial charge in [0.15, 0.2) is 0 Å². The third-order valence-electron chi connectivity index (χ3n) is 2.81. The molecule has 0 unspecified atom stereocenters. The molecular weight excluding hydrogens is 267 g/mol. The molecule has 19 heavy (non-hydrogen) atoms. The van der Waals surface area contributed by atoms with Crippen molar-refractivity contribution in [2.24, 2.45) is 0 Å². The monoisotopic (exact) mass is 276 g/mol. The van der Waals surface area contributed by atoms with Crippen LogP contribution in [0.1, 0.15) is 0 Å². The van der Waals surface area contributed by atoms with Gasteiger partial charge in [0.25, 0.3) is 0 Å². The molecule has 0 aliphatic heterocycles. The molecule has 3 rings (SSSR count). The molecule has 3 aromatic rings. The summed E-state index contributed by atoms with van der Waals surface area (Å²) < 4.78 is 14.9. The summed E-state index contributed by atoms with van der Waals surface area (Å²) in [6.07, 6.45) is 1.66. The van der Waals surface area contributed by atoms with Crippen LogP contribution < -0.4 is 0 Å². The molecule has 96 valence electrons. The average Bonchev–Trinajstić information content (AvgIpc) is 2.96. The Labute approximate surface area is 111 Å². The van der Waals surface area contributed by atoms with Crippen LogP contribution in [0.3, 0.4) is 0 Å². The summed E-state index contributed by atoms with van der Waals surface area (Å²) >= 11 is 1.42. The zero-order valence-electron chi connectivity index (χ0n) is 9.71. The number of carboxylic acid groups (broad SMARTS) is 1. The fraction of sp³-hybridized carbons (Fsp3) is 0.0769. The third kappa shape index (κ3) is 2.10. The molecule has 1 N–H and O–H groups in total. The first-order valence-corrected chi connectivity index (χ1v) is 6.43. The molecule has 1 aromatic carbocycles. The lowest BCUT2D eigenvalue weighted by atomic mass is 10.2. The number of fused-ring (bicyclic) bond motifs is 1. The summed E-state index contributed by atoms with van der Waals surface area (Å²) in [7, 11) is 0. The first-order chi connectivity index (χ1) is 9.15. The minimum absolute atomic E-state index is 0.177. The highest BCUT2D eigenvalue weighted by atomic mass is 32.1. The zero-order chi connectivity index (χ0) is 13.4. The second-order valence-electron chi connectivity index (χ2n) is 4.05. The average molecular weight is 276 g/mol. The Balaban J connectivity index is 2.27. The smallest absolute Gasteiger partial charge is 0.323 e. The van der Waals surface area contributed by atoms with Crippen molar-refractivity contribution in [1.82, 2.24) is 9.55 Å². The summed E-state index contributed by atoms with van der Waals surface area (Å²) in [5, 5.41) is 12.2. The van der Waals surface area contributed by atoms with Crippen LogP contribution in [-0.4, -0.2) is 20.6 Å². The van der Waals surface area contributed by atoms with Crippen molar-refractivity contribution in [1.29, 1.82) is 0 Å². The number of carbonyl (C=O) groups is 1. The number of nitrogens with zero attached hydrogens (tertiary/aromatic N) is 2. The van der Waals surface area contributed by atoms with Crippen molar-refractivity contribution in [3.63, 3.8) is 0 Å². The van der Waals surface area contributed by atoms with Crippen LogP contribution in [0.2, 0.25) is 0 Å². The lowest BCUT2D eigenvalue weighted by molar-refractivity contribution is -0.137. The molecule has 0 bridgehead atoms. The number of hydrogen-bond donors (Lipinski definition) is 1. The maximum atomic E-state index is 13.2. The molecule has 0 aliphatic carbocycles. The Kier molecular flexibility index (Phi) is 2.79. The fourth-order valence-corrected chi connectivity index (χ4v) is 2.74. The molecule has 4 nitrogen and oxygen atoms in total. The van der Waals surface area contributed by atoms with Gasteiger partial charge >= 0.3 is 5.97 Å². The zero-order valence-corrected chi connectivity index (χ0v) is 10.5. The van der Waals surface area contributed by atoms with E-state index in [1.807, 2.05) is 5.38 Å². The van der Waals surface area contributed by atoms with Crippen molar-refractivity contribution in [3.8, 4) is 10.7 Å². The van der Waals surface area contributed by atoms with E-state index < -0.39 is 5.97 Å². The topological polar surface area (TPSA) is 55.1 Å². The van der Waals surface area contributed by atoms with Crippen LogP contribution in [0.15, 0.2) is 35.8 Å². The normalized spacial score (nSPS) is 11.0. The number of rotatable bonds is 3. The van der Waals surface area contributed by atoms with Gasteiger partial charge in [-0.2, -0.15) is 0 Å². The molecule has 0 aliphatic rings. The summed E-state index contributed by atoms with van der Waals surface area (Å²) in [6, 6.07) is 6.07. The predicted molar refractivity (Wildman–Crippen MR) is 70.6 cm³/mol. The highest BCUT2D eigenvalue weighted by Gasteiger charge is 2.15. The minimum Gasteiger partial charge on any atom is -0.480 e. The van der Waals surface area contributed by atoms with Crippen molar-refractivity contribution < 1.29 is 14.3 Å². The Morgan fingerprint density at radius 1 is 1.42 bits per heavy atom. The maximum Gasteiger partial charge on any atom is 0.323 e. The third-order valence-corrected chi connectivity index (χ3v) is 3.60. The van der Waals surface area contributed by atoms with E-state index in [9.17, 15) is 9.18 Å². The number of aliphatic carboxylic acids is 1. The van der Waals surface area contributed by atoms with Crippen LogP contribution in [0, 0.1) is 5.82 Å². The number of hydrogen-bond acceptors (Lipinski definition) is 3. The van der Waals surface area contributed by atoms with Crippen LogP contribution >= 0.6 is 11.3 Å². The molecule has 6 heteroatoms. The van der Waals surface area contributed by atoms with E-state index in [0.717, 1.165) is 5.01 Å². The van der Waals surface area contributed by atoms with Crippen molar-refractivity contribution in [2.75, 3.05) is 0 Å². The highest BCUT2D eigenvalue weighted by molar-refractivity contribution is 7.13. The van der Waals surface area contributed by atoms with Gasteiger partial charge in [0, 0.05) is 22.5 Å². The van der Waals surface area contributed by atoms with Crippen molar-refractivity contribution in [3.05, 3.63) is 41.7 Å². The summed E-state index contributed by atoms with van der Waals surface area (Å²) in [4.78, 5) is 15.2. The highest BCUT2D eigenvalue weighted by Crippen LogP contribution is 2.29. The molecule has 0 amide bonds. The van der Waals surface area contributed by atoms with E-state index in [0.29, 0.717) is 16.6 Å². The number of halogens is 1. The van der Waals surface area contributed by atoms with Gasteiger partial charge in [-0.05, 0) is 24.3 Å². The minimum atomic E-state index is -0.945. The number of carboxylic acids is 1. The predicted octanol–water partition coefficient (Wildman–Crippen LogP) is 2.99. The van der Waals surface area contributed by atoms with Gasteiger partial charge in [-0.3, -0.25) is 4.79 Å². The summed E-state index contributed by atoms with van der Waals surface area (Å²) in [6.45, 7) is -0.177. The second-order valence-corrected chi connectivity index (χ2v) is 4.94. The van der Waals surface area contributed by atoms with Crippen molar-refractivity contribution >= 4 is 28.2 Å². The Bertz CT molecular complexity index is 749. The van der Waals surface area contributed by atoms with E-state index in [2.05, 4.69) is 4.98 Å². The molecule has 0 saturated heterocycles. The molecule has 0 atom stereocenters. The number of thiazole rings is 1. The molecule has 2 aromatic heterocycles. The molecule has 0 saturated carbocycles. The SMILES string of the molecule is O=C(O)Cn1c(-c2nccs2)cc2cc(F)ccc21. The Hall–Kier alpha value is -2.21. The van der Waals surface area contributed by atoms with Crippen LogP contribution in [-0.2, 0) is 11.3 Å². The largest absolute Gasteiger partial charge is 0.480 e. The Morgan fingerprint density at radius 3 is 2.95 bits per heavy atom. The summed E-state index contributed by atoms with van der Waals surface area (Å²) in [5.41, 5.74) is 1.38. The van der Waals surface area contributed by atoms with E-state index in [4.69, 9.17) is 5.11 Å². The molecule has 0 fully saturated rings. The first kappa shape index (κ1) is 11.9. The van der Waals surface area contributed by atoms with E-state index in [-0.39, 0.29) is 12.4 Å². The van der Waals surface area contributed by atoms with Gasteiger partial charge in [-0.25, -0.2) is 9.37 Å². The fourth-order valence-electron chi connectivity index (χ4n) is 2.07. The molecule has 2 heterocycles. The standard InChI is InChI=1S/C13H9FN2O2S/c14-9-1-2-10-8(5-9)6-11(13-15-3-4-19-13)16(10)7-12(17)18/h1-6H,7H2,(H,17,18). The molecule has 0 spiro atoms. The number of benzene rings is 1. The van der Waals surface area contributed by atoms with Gasteiger partial charge in [0.05, 0.1) is 5.69 Å². The van der Waals surface area contributed by atoms with Gasteiger partial charge < -0.3 is 9.67 Å². The quantitative estimate of drug-likeness (QED) is 0.800. The van der Waals surface area contributed by atoms with Crippen LogP contribution in [0.4, 0.5) is 4.39 Å². The first-order valence-electron chi connectivity index (χ1n) is 5.55. The van der Waals surface area contributed by atoms with E-state index in [1.54, 1.807) is 22.9 Å². The maximum absolute atomic E-state index is 13.2. The van der Waals surface area contributed by atoms with Gasteiger partial charge in [0.2, 0.25) is 0 Å². The molecular formula is C13H9FN2O2S. The Morgan fingerprint density at radius 2 is 2.26 bits per heavy atom. The van der Waals surface area contributed by atoms with E-state index in [1.165, 1.54) is 23.5 Å². The van der Waals surface area contributed by atoms with Crippen LogP contribution in [0.5, 0.6) is 0 Å². The second kappa shape index (κ2) is 4.47. The molecule has 0 radical (unpaired) electrons. The lowest BCUT2D eigenvalue weighted by Crippen LogP contribution is -2.09. The van der Waals surface area contributed by atoms with Crippen LogP contribution in [0.25, 0.3) is 21.6 Å². The summed E-state index contributed by atoms with van der Waals surface area (Å²) in [5.74, 6) is -1.29. The number of aromatic nitrogens is 2. The van der Waals surface area contributed by atoms with E-state index >= 15 is 0 Å². The van der Waals surface area contributed by atoms with Gasteiger partial charge in [-0.15, -0.1) is 11.3 Å². The van der Waals surface area contributed by atoms with Crippen molar-refractivity contribution in [2.45, 2.75) is 6.54 Å².